The molecule has 136 valence electrons. The van der Waals surface area contributed by atoms with Crippen molar-refractivity contribution in [3.8, 4) is 17.2 Å². The molecule has 2 aromatic carbocycles. The van der Waals surface area contributed by atoms with Crippen LogP contribution in [0.3, 0.4) is 0 Å². The zero-order valence-corrected chi connectivity index (χ0v) is 14.4. The number of carboxylic acid groups (broad SMARTS) is 1. The number of aliphatic carboxylic acids is 1. The molecule has 0 aliphatic carbocycles. The van der Waals surface area contributed by atoms with Crippen LogP contribution >= 0.6 is 0 Å². The van der Waals surface area contributed by atoms with Gasteiger partial charge in [0.05, 0.1) is 20.1 Å². The fraction of sp³-hybridized carbons (Fsp3) is 0.300. The molecule has 6 heteroatoms. The predicted octanol–water partition coefficient (Wildman–Crippen LogP) is 3.38. The highest BCUT2D eigenvalue weighted by molar-refractivity contribution is 5.78. The topological polar surface area (TPSA) is 82.1 Å². The van der Waals surface area contributed by atoms with E-state index in [1.54, 1.807) is 13.2 Å². The number of methoxy groups -OCH3 is 1. The van der Waals surface area contributed by atoms with Gasteiger partial charge >= 0.3 is 11.9 Å². The molecule has 0 amide bonds. The van der Waals surface area contributed by atoms with Crippen LogP contribution in [0.2, 0.25) is 0 Å². The highest BCUT2D eigenvalue weighted by Crippen LogP contribution is 2.40. The van der Waals surface area contributed by atoms with Gasteiger partial charge in [-0.05, 0) is 30.2 Å². The van der Waals surface area contributed by atoms with Gasteiger partial charge in [0.1, 0.15) is 17.2 Å². The van der Waals surface area contributed by atoms with E-state index in [4.69, 9.17) is 19.3 Å². The predicted molar refractivity (Wildman–Crippen MR) is 93.9 cm³/mol. The Morgan fingerprint density at radius 1 is 1.19 bits per heavy atom. The molecule has 1 aliphatic heterocycles. The molecule has 3 rings (SSSR count). The molecule has 1 unspecified atom stereocenters. The van der Waals surface area contributed by atoms with E-state index < -0.39 is 5.97 Å². The highest BCUT2D eigenvalue weighted by atomic mass is 16.5. The largest absolute Gasteiger partial charge is 0.497 e. The van der Waals surface area contributed by atoms with E-state index in [0.29, 0.717) is 24.5 Å². The summed E-state index contributed by atoms with van der Waals surface area (Å²) in [5.41, 5.74) is 1.94. The second kappa shape index (κ2) is 7.91. The smallest absolute Gasteiger partial charge is 0.312 e. The van der Waals surface area contributed by atoms with Crippen LogP contribution in [-0.2, 0) is 9.59 Å². The number of fused-ring (bicyclic) bond motifs is 1. The standard InChI is InChI=1S/C20H20O6/c1-24-14-6-4-13(5-7-14)17-12-20(23)26-18-11-15(8-9-16(17)18)25-10-2-3-19(21)22/h4-9,11,17H,2-3,10,12H2,1H3,(H,21,22). The van der Waals surface area contributed by atoms with Gasteiger partial charge in [-0.2, -0.15) is 0 Å². The van der Waals surface area contributed by atoms with Crippen LogP contribution in [0.1, 0.15) is 36.3 Å². The molecule has 0 spiro atoms. The Morgan fingerprint density at radius 2 is 1.92 bits per heavy atom. The van der Waals surface area contributed by atoms with Gasteiger partial charge < -0.3 is 19.3 Å². The molecule has 0 aromatic heterocycles. The average Bonchev–Trinajstić information content (AvgIpc) is 2.64. The first-order valence-electron chi connectivity index (χ1n) is 8.40. The normalized spacial score (nSPS) is 15.7. The molecule has 0 radical (unpaired) electrons. The summed E-state index contributed by atoms with van der Waals surface area (Å²) < 4.78 is 16.1. The van der Waals surface area contributed by atoms with Gasteiger partial charge in [0.25, 0.3) is 0 Å². The number of hydrogen-bond donors (Lipinski definition) is 1. The molecule has 1 N–H and O–H groups in total. The SMILES string of the molecule is COc1ccc(C2CC(=O)Oc3cc(OCCCC(=O)O)ccc32)cc1. The lowest BCUT2D eigenvalue weighted by molar-refractivity contribution is -0.137. The van der Waals surface area contributed by atoms with Gasteiger partial charge in [-0.25, -0.2) is 0 Å². The first kappa shape index (κ1) is 17.8. The minimum Gasteiger partial charge on any atom is -0.497 e. The van der Waals surface area contributed by atoms with E-state index >= 15 is 0 Å². The maximum atomic E-state index is 12.0. The van der Waals surface area contributed by atoms with Gasteiger partial charge in [0, 0.05) is 24.0 Å². The summed E-state index contributed by atoms with van der Waals surface area (Å²) in [6.45, 7) is 0.293. The summed E-state index contributed by atoms with van der Waals surface area (Å²) in [5, 5.41) is 8.65. The van der Waals surface area contributed by atoms with Gasteiger partial charge in [-0.15, -0.1) is 0 Å². The summed E-state index contributed by atoms with van der Waals surface area (Å²) in [7, 11) is 1.61. The zero-order chi connectivity index (χ0) is 18.5. The lowest BCUT2D eigenvalue weighted by Crippen LogP contribution is -2.21. The van der Waals surface area contributed by atoms with Crippen molar-refractivity contribution in [2.75, 3.05) is 13.7 Å². The van der Waals surface area contributed by atoms with Crippen LogP contribution in [0.5, 0.6) is 17.2 Å². The number of esters is 1. The van der Waals surface area contributed by atoms with Crippen LogP contribution in [-0.4, -0.2) is 30.8 Å². The third-order valence-electron chi connectivity index (χ3n) is 4.28. The lowest BCUT2D eigenvalue weighted by Gasteiger charge is -2.25. The number of carboxylic acids is 1. The Labute approximate surface area is 151 Å². The fourth-order valence-electron chi connectivity index (χ4n) is 2.97. The van der Waals surface area contributed by atoms with Gasteiger partial charge in [-0.1, -0.05) is 18.2 Å². The van der Waals surface area contributed by atoms with E-state index in [0.717, 1.165) is 16.9 Å². The Balaban J connectivity index is 1.77. The van der Waals surface area contributed by atoms with Crippen LogP contribution in [0.15, 0.2) is 42.5 Å². The third kappa shape index (κ3) is 4.14. The minimum absolute atomic E-state index is 0.0550. The first-order valence-corrected chi connectivity index (χ1v) is 8.40. The average molecular weight is 356 g/mol. The number of ether oxygens (including phenoxy) is 3. The van der Waals surface area contributed by atoms with Crippen LogP contribution in [0, 0.1) is 0 Å². The van der Waals surface area contributed by atoms with Crippen molar-refractivity contribution in [3.05, 3.63) is 53.6 Å². The summed E-state index contributed by atoms with van der Waals surface area (Å²) in [4.78, 5) is 22.6. The monoisotopic (exact) mass is 356 g/mol. The summed E-state index contributed by atoms with van der Waals surface area (Å²) in [6, 6.07) is 13.0. The van der Waals surface area contributed by atoms with Crippen LogP contribution in [0.4, 0.5) is 0 Å². The Kier molecular flexibility index (Phi) is 5.41. The van der Waals surface area contributed by atoms with Crippen molar-refractivity contribution in [1.82, 2.24) is 0 Å². The number of carbonyl (C=O) groups excluding carboxylic acids is 1. The number of hydrogen-bond acceptors (Lipinski definition) is 5. The van der Waals surface area contributed by atoms with Crippen molar-refractivity contribution in [3.63, 3.8) is 0 Å². The summed E-state index contributed by atoms with van der Waals surface area (Å²) in [6.07, 6.45) is 0.748. The van der Waals surface area contributed by atoms with Crippen molar-refractivity contribution in [1.29, 1.82) is 0 Å². The Hall–Kier alpha value is -3.02. The van der Waals surface area contributed by atoms with Gasteiger partial charge in [-0.3, -0.25) is 9.59 Å². The van der Waals surface area contributed by atoms with Crippen LogP contribution < -0.4 is 14.2 Å². The molecule has 0 saturated carbocycles. The quantitative estimate of drug-likeness (QED) is 0.465. The summed E-state index contributed by atoms with van der Waals surface area (Å²) >= 11 is 0. The molecule has 1 atom stereocenters. The molecule has 6 nitrogen and oxygen atoms in total. The molecule has 26 heavy (non-hydrogen) atoms. The minimum atomic E-state index is -0.852. The zero-order valence-electron chi connectivity index (χ0n) is 14.4. The Bertz CT molecular complexity index is 796. The van der Waals surface area contributed by atoms with E-state index in [9.17, 15) is 9.59 Å². The molecule has 0 fully saturated rings. The third-order valence-corrected chi connectivity index (χ3v) is 4.28. The van der Waals surface area contributed by atoms with Crippen molar-refractivity contribution >= 4 is 11.9 Å². The molecular weight excluding hydrogens is 336 g/mol. The van der Waals surface area contributed by atoms with Gasteiger partial charge in [0.15, 0.2) is 0 Å². The van der Waals surface area contributed by atoms with E-state index in [-0.39, 0.29) is 24.7 Å². The molecule has 0 bridgehead atoms. The molecule has 0 saturated heterocycles. The van der Waals surface area contributed by atoms with E-state index in [1.807, 2.05) is 36.4 Å². The number of carbonyl (C=O) groups is 2. The summed E-state index contributed by atoms with van der Waals surface area (Å²) in [5.74, 6) is 0.572. The van der Waals surface area contributed by atoms with Crippen LogP contribution in [0.25, 0.3) is 0 Å². The van der Waals surface area contributed by atoms with E-state index in [1.165, 1.54) is 0 Å². The number of rotatable bonds is 7. The Morgan fingerprint density at radius 3 is 2.62 bits per heavy atom. The second-order valence-electron chi connectivity index (χ2n) is 6.05. The molecule has 2 aromatic rings. The van der Waals surface area contributed by atoms with Crippen molar-refractivity contribution < 1.29 is 28.9 Å². The van der Waals surface area contributed by atoms with Crippen molar-refractivity contribution in [2.45, 2.75) is 25.2 Å². The fourth-order valence-corrected chi connectivity index (χ4v) is 2.97. The maximum absolute atomic E-state index is 12.0. The highest BCUT2D eigenvalue weighted by Gasteiger charge is 2.28. The van der Waals surface area contributed by atoms with E-state index in [2.05, 4.69) is 0 Å². The molecule has 1 aliphatic rings. The molecular formula is C20H20O6. The molecule has 1 heterocycles. The van der Waals surface area contributed by atoms with Gasteiger partial charge in [0.2, 0.25) is 0 Å². The van der Waals surface area contributed by atoms with Crippen molar-refractivity contribution in [2.24, 2.45) is 0 Å². The first-order chi connectivity index (χ1) is 12.6. The number of benzene rings is 2. The lowest BCUT2D eigenvalue weighted by atomic mass is 9.86. The maximum Gasteiger partial charge on any atom is 0.312 e. The second-order valence-corrected chi connectivity index (χ2v) is 6.05.